The van der Waals surface area contributed by atoms with E-state index in [0.29, 0.717) is 5.96 Å². The van der Waals surface area contributed by atoms with Gasteiger partial charge in [-0.15, -0.1) is 11.8 Å². The van der Waals surface area contributed by atoms with E-state index in [-0.39, 0.29) is 11.3 Å². The smallest absolute Gasteiger partial charge is 0.232 e. The molecule has 5 N–H and O–H groups in total. The van der Waals surface area contributed by atoms with Gasteiger partial charge in [0, 0.05) is 27.6 Å². The molecule has 0 aromatic heterocycles. The molecule has 6 nitrogen and oxygen atoms in total. The summed E-state index contributed by atoms with van der Waals surface area (Å²) in [5.74, 6) is 0.552. The zero-order valence-electron chi connectivity index (χ0n) is 17.8. The Balaban J connectivity index is 1.40. The number of rotatable bonds is 7. The number of hydrogen-bond donors (Lipinski definition) is 4. The topological polar surface area (TPSA) is 86.8 Å². The van der Waals surface area contributed by atoms with Gasteiger partial charge in [0.1, 0.15) is 6.04 Å². The van der Waals surface area contributed by atoms with Gasteiger partial charge in [0.05, 0.1) is 5.71 Å². The van der Waals surface area contributed by atoms with Crippen molar-refractivity contribution in [3.8, 4) is 0 Å². The maximum atomic E-state index is 6.03. The van der Waals surface area contributed by atoms with Crippen LogP contribution >= 0.6 is 11.8 Å². The van der Waals surface area contributed by atoms with E-state index in [1.807, 2.05) is 79.0 Å². The number of aliphatic imine (C=N–C) groups is 1. The molecule has 0 aliphatic carbocycles. The highest BCUT2D eigenvalue weighted by molar-refractivity contribution is 8.00. The van der Waals surface area contributed by atoms with Crippen LogP contribution in [0, 0.1) is 0 Å². The largest absolute Gasteiger partial charge is 0.398 e. The number of benzene rings is 3. The van der Waals surface area contributed by atoms with Gasteiger partial charge in [0.25, 0.3) is 0 Å². The fraction of sp³-hybridized carbons (Fsp3) is 0.120. The third-order valence-electron chi connectivity index (χ3n) is 4.86. The van der Waals surface area contributed by atoms with Crippen LogP contribution in [0.25, 0.3) is 0 Å². The molecular formula is C25H26N6S. The molecule has 7 heteroatoms. The number of hydrazine groups is 1. The van der Waals surface area contributed by atoms with Crippen molar-refractivity contribution >= 4 is 29.1 Å². The summed E-state index contributed by atoms with van der Waals surface area (Å²) in [6, 6.07) is 27.9. The molecule has 0 bridgehead atoms. The number of anilines is 1. The van der Waals surface area contributed by atoms with Gasteiger partial charge in [0.2, 0.25) is 5.96 Å². The highest BCUT2D eigenvalue weighted by Crippen LogP contribution is 2.28. The fourth-order valence-electron chi connectivity index (χ4n) is 3.27. The molecule has 2 unspecified atom stereocenters. The van der Waals surface area contributed by atoms with Gasteiger partial charge in [-0.2, -0.15) is 5.10 Å². The Kier molecular flexibility index (Phi) is 7.09. The van der Waals surface area contributed by atoms with Crippen LogP contribution in [0.3, 0.4) is 0 Å². The van der Waals surface area contributed by atoms with Crippen LogP contribution in [0.5, 0.6) is 0 Å². The molecule has 1 heterocycles. The van der Waals surface area contributed by atoms with Crippen molar-refractivity contribution in [2.75, 3.05) is 5.73 Å². The van der Waals surface area contributed by atoms with Crippen LogP contribution in [0.15, 0.2) is 112 Å². The number of nitrogen functional groups attached to an aromatic ring is 1. The summed E-state index contributed by atoms with van der Waals surface area (Å²) in [6.45, 7) is 2.12. The molecule has 0 fully saturated rings. The molecule has 1 aliphatic heterocycles. The summed E-state index contributed by atoms with van der Waals surface area (Å²) >= 11 is 1.70. The molecule has 1 aliphatic rings. The van der Waals surface area contributed by atoms with Crippen molar-refractivity contribution in [3.05, 3.63) is 108 Å². The SMILES string of the molecule is CC(C=CNNC1=NC(c2ccccc2)C(c2ccccc2)=NN1)Sc1ccccc1N. The maximum absolute atomic E-state index is 6.03. The van der Waals surface area contributed by atoms with Crippen LogP contribution in [-0.2, 0) is 0 Å². The number of hydrazone groups is 1. The summed E-state index contributed by atoms with van der Waals surface area (Å²) in [5.41, 5.74) is 19.0. The van der Waals surface area contributed by atoms with Crippen molar-refractivity contribution < 1.29 is 0 Å². The molecule has 32 heavy (non-hydrogen) atoms. The van der Waals surface area contributed by atoms with Gasteiger partial charge in [-0.05, 0) is 24.6 Å². The first-order valence-electron chi connectivity index (χ1n) is 10.4. The van der Waals surface area contributed by atoms with Crippen LogP contribution < -0.4 is 22.0 Å². The lowest BCUT2D eigenvalue weighted by molar-refractivity contribution is 0.735. The number of nitrogens with one attached hydrogen (secondary N) is 3. The Bertz CT molecular complexity index is 1110. The van der Waals surface area contributed by atoms with E-state index in [2.05, 4.69) is 46.5 Å². The molecule has 3 aromatic carbocycles. The standard InChI is InChI=1S/C25H26N6S/c1-18(32-22-15-9-8-14-21(22)26)16-17-27-30-25-28-23(19-10-4-2-5-11-19)24(29-31-25)20-12-6-3-7-13-20/h2-18,23,27H,26H2,1H3,(H2,28,30,31). The van der Waals surface area contributed by atoms with Crippen LogP contribution in [0.2, 0.25) is 0 Å². The summed E-state index contributed by atoms with van der Waals surface area (Å²) in [7, 11) is 0. The number of thioether (sulfide) groups is 1. The summed E-state index contributed by atoms with van der Waals surface area (Å²) < 4.78 is 0. The average Bonchev–Trinajstić information content (AvgIpc) is 2.84. The fourth-order valence-corrected chi connectivity index (χ4v) is 4.19. The van der Waals surface area contributed by atoms with Crippen LogP contribution in [0.4, 0.5) is 5.69 Å². The van der Waals surface area contributed by atoms with Gasteiger partial charge in [-0.25, -0.2) is 10.4 Å². The molecule has 2 atom stereocenters. The maximum Gasteiger partial charge on any atom is 0.232 e. The zero-order valence-corrected chi connectivity index (χ0v) is 18.6. The van der Waals surface area contributed by atoms with E-state index in [9.17, 15) is 0 Å². The lowest BCUT2D eigenvalue weighted by atomic mass is 9.97. The first kappa shape index (κ1) is 21.5. The van der Waals surface area contributed by atoms with E-state index in [1.54, 1.807) is 11.8 Å². The van der Waals surface area contributed by atoms with E-state index >= 15 is 0 Å². The first-order chi connectivity index (χ1) is 15.7. The number of nitrogens with two attached hydrogens (primary N) is 1. The highest BCUT2D eigenvalue weighted by atomic mass is 32.2. The first-order valence-corrected chi connectivity index (χ1v) is 11.3. The molecule has 0 amide bonds. The predicted molar refractivity (Wildman–Crippen MR) is 134 cm³/mol. The Labute approximate surface area is 192 Å². The van der Waals surface area contributed by atoms with E-state index in [0.717, 1.165) is 27.4 Å². The molecule has 0 saturated heterocycles. The summed E-state index contributed by atoms with van der Waals surface area (Å²) in [6.07, 6.45) is 3.91. The molecule has 162 valence electrons. The monoisotopic (exact) mass is 442 g/mol. The lowest BCUT2D eigenvalue weighted by Gasteiger charge is -2.23. The van der Waals surface area contributed by atoms with Crippen LogP contribution in [0.1, 0.15) is 24.1 Å². The van der Waals surface area contributed by atoms with Crippen molar-refractivity contribution in [2.45, 2.75) is 23.1 Å². The molecule has 4 rings (SSSR count). The lowest BCUT2D eigenvalue weighted by Crippen LogP contribution is -2.44. The van der Waals surface area contributed by atoms with Crippen molar-refractivity contribution in [2.24, 2.45) is 10.1 Å². The molecule has 0 saturated carbocycles. The average molecular weight is 443 g/mol. The Morgan fingerprint density at radius 2 is 1.66 bits per heavy atom. The number of nitrogens with zero attached hydrogens (tertiary/aromatic N) is 2. The zero-order chi connectivity index (χ0) is 22.2. The minimum Gasteiger partial charge on any atom is -0.398 e. The minimum absolute atomic E-state index is 0.205. The second-order valence-electron chi connectivity index (χ2n) is 7.26. The van der Waals surface area contributed by atoms with E-state index in [1.165, 1.54) is 0 Å². The highest BCUT2D eigenvalue weighted by Gasteiger charge is 2.23. The second kappa shape index (κ2) is 10.5. The molecule has 0 radical (unpaired) electrons. The van der Waals surface area contributed by atoms with Gasteiger partial charge in [-0.3, -0.25) is 5.43 Å². The summed E-state index contributed by atoms with van der Waals surface area (Å²) in [4.78, 5) is 5.92. The van der Waals surface area contributed by atoms with Crippen LogP contribution in [-0.4, -0.2) is 16.9 Å². The normalized spacial score (nSPS) is 16.6. The van der Waals surface area contributed by atoms with Crippen molar-refractivity contribution in [1.82, 2.24) is 16.3 Å². The van der Waals surface area contributed by atoms with Gasteiger partial charge in [-0.1, -0.05) is 78.9 Å². The second-order valence-corrected chi connectivity index (χ2v) is 8.67. The van der Waals surface area contributed by atoms with E-state index in [4.69, 9.17) is 10.7 Å². The van der Waals surface area contributed by atoms with Crippen molar-refractivity contribution in [1.29, 1.82) is 0 Å². The Morgan fingerprint density at radius 3 is 2.41 bits per heavy atom. The number of hydrogen-bond acceptors (Lipinski definition) is 7. The minimum atomic E-state index is -0.205. The van der Waals surface area contributed by atoms with Crippen molar-refractivity contribution in [3.63, 3.8) is 0 Å². The molecular weight excluding hydrogens is 416 g/mol. The molecule has 0 spiro atoms. The predicted octanol–water partition coefficient (Wildman–Crippen LogP) is 4.46. The van der Waals surface area contributed by atoms with Gasteiger partial charge < -0.3 is 11.2 Å². The molecule has 3 aromatic rings. The number of guanidine groups is 1. The van der Waals surface area contributed by atoms with Gasteiger partial charge >= 0.3 is 0 Å². The Hall–Kier alpha value is -3.71. The van der Waals surface area contributed by atoms with E-state index < -0.39 is 0 Å². The third kappa shape index (κ3) is 5.50. The van der Waals surface area contributed by atoms with Gasteiger partial charge in [0.15, 0.2) is 0 Å². The quantitative estimate of drug-likeness (QED) is 0.247. The third-order valence-corrected chi connectivity index (χ3v) is 6.01. The number of para-hydroxylation sites is 1. The Morgan fingerprint density at radius 1 is 0.969 bits per heavy atom. The summed E-state index contributed by atoms with van der Waals surface area (Å²) in [5, 5.41) is 4.85.